The van der Waals surface area contributed by atoms with Gasteiger partial charge in [-0.15, -0.1) is 0 Å². The van der Waals surface area contributed by atoms with Gasteiger partial charge in [0.25, 0.3) is 0 Å². The van der Waals surface area contributed by atoms with Crippen LogP contribution in [0, 0.1) is 0 Å². The van der Waals surface area contributed by atoms with E-state index in [-0.39, 0.29) is 6.98 Å². The fraction of sp³-hybridized carbons (Fsp3) is 0.0588. The highest BCUT2D eigenvalue weighted by Gasteiger charge is 2.25. The molecule has 0 amide bonds. The highest BCUT2D eigenvalue weighted by molar-refractivity contribution is 9.10. The van der Waals surface area contributed by atoms with Gasteiger partial charge in [-0.1, -0.05) is 40.2 Å². The molecule has 4 rings (SSSR count). The summed E-state index contributed by atoms with van der Waals surface area (Å²) in [6.45, 7) is 0.00639. The number of hydrogen-bond donors (Lipinski definition) is 2. The summed E-state index contributed by atoms with van der Waals surface area (Å²) in [7, 11) is 1.68. The molecule has 3 nitrogen and oxygen atoms in total. The van der Waals surface area contributed by atoms with Gasteiger partial charge in [-0.25, -0.2) is 0 Å². The molecule has 2 N–H and O–H groups in total. The predicted octanol–water partition coefficient (Wildman–Crippen LogP) is 3.84. The molecule has 3 aromatic carbocycles. The average Bonchev–Trinajstić information content (AvgIpc) is 2.54. The molecule has 0 aliphatic carbocycles. The molecule has 1 aliphatic rings. The number of benzene rings is 3. The van der Waals surface area contributed by atoms with Crippen molar-refractivity contribution >= 4 is 50.5 Å². The Morgan fingerprint density at radius 2 is 1.64 bits per heavy atom. The molecule has 0 aromatic heterocycles. The van der Waals surface area contributed by atoms with E-state index in [4.69, 9.17) is 4.74 Å². The molecule has 22 heavy (non-hydrogen) atoms. The number of halogens is 1. The van der Waals surface area contributed by atoms with E-state index in [1.165, 1.54) is 10.8 Å². The summed E-state index contributed by atoms with van der Waals surface area (Å²) in [5.74, 6) is 0.838. The molecule has 5 heteroatoms. The van der Waals surface area contributed by atoms with Crippen LogP contribution in [0.4, 0.5) is 11.4 Å². The maximum atomic E-state index is 5.37. The van der Waals surface area contributed by atoms with Gasteiger partial charge in [-0.2, -0.15) is 0 Å². The van der Waals surface area contributed by atoms with E-state index in [1.54, 1.807) is 7.11 Å². The second kappa shape index (κ2) is 5.25. The first-order chi connectivity index (χ1) is 10.7. The molecule has 0 unspecified atom stereocenters. The topological polar surface area (TPSA) is 33.3 Å². The summed E-state index contributed by atoms with van der Waals surface area (Å²) in [5.41, 5.74) is 3.42. The van der Waals surface area contributed by atoms with Crippen LogP contribution in [0.25, 0.3) is 10.8 Å². The Bertz CT molecular complexity index is 828. The zero-order valence-electron chi connectivity index (χ0n) is 12.1. The summed E-state index contributed by atoms with van der Waals surface area (Å²) >= 11 is 3.55. The Morgan fingerprint density at radius 3 is 2.27 bits per heavy atom. The van der Waals surface area contributed by atoms with Gasteiger partial charge in [-0.3, -0.25) is 0 Å². The van der Waals surface area contributed by atoms with Gasteiger partial charge in [0.1, 0.15) is 5.75 Å². The minimum atomic E-state index is 0.00639. The van der Waals surface area contributed by atoms with E-state index in [1.807, 2.05) is 12.1 Å². The largest absolute Gasteiger partial charge is 0.497 e. The van der Waals surface area contributed by atoms with E-state index in [0.29, 0.717) is 0 Å². The maximum absolute atomic E-state index is 5.37. The molecule has 0 spiro atoms. The van der Waals surface area contributed by atoms with Crippen LogP contribution in [0.5, 0.6) is 5.75 Å². The molecule has 0 bridgehead atoms. The van der Waals surface area contributed by atoms with Gasteiger partial charge < -0.3 is 15.2 Å². The Balaban J connectivity index is 1.80. The molecule has 0 atom stereocenters. The van der Waals surface area contributed by atoms with Gasteiger partial charge in [-0.05, 0) is 41.2 Å². The fourth-order valence-corrected chi connectivity index (χ4v) is 3.45. The number of rotatable bonds is 2. The zero-order chi connectivity index (χ0) is 15.1. The van der Waals surface area contributed by atoms with Crippen LogP contribution in [0.2, 0.25) is 0 Å². The minimum Gasteiger partial charge on any atom is -0.497 e. The average molecular weight is 353 g/mol. The van der Waals surface area contributed by atoms with Crippen LogP contribution in [0.1, 0.15) is 0 Å². The third-order valence-corrected chi connectivity index (χ3v) is 4.42. The maximum Gasteiger partial charge on any atom is 0.406 e. The molecule has 0 radical (unpaired) electrons. The van der Waals surface area contributed by atoms with Gasteiger partial charge in [0.05, 0.1) is 7.11 Å². The lowest BCUT2D eigenvalue weighted by atomic mass is 9.66. The fourth-order valence-electron chi connectivity index (χ4n) is 2.96. The number of ether oxygens (including phenoxy) is 1. The molecular formula is C17H14BBrN2O. The highest BCUT2D eigenvalue weighted by Crippen LogP contribution is 2.34. The monoisotopic (exact) mass is 352 g/mol. The first-order valence-electron chi connectivity index (χ1n) is 7.14. The number of hydrogen-bond acceptors (Lipinski definition) is 3. The van der Waals surface area contributed by atoms with Crippen LogP contribution in [0.15, 0.2) is 59.1 Å². The van der Waals surface area contributed by atoms with E-state index in [9.17, 15) is 0 Å². The van der Waals surface area contributed by atoms with Crippen molar-refractivity contribution in [3.05, 3.63) is 59.1 Å². The zero-order valence-corrected chi connectivity index (χ0v) is 13.6. The quantitative estimate of drug-likeness (QED) is 0.687. The molecule has 1 aliphatic heterocycles. The van der Waals surface area contributed by atoms with E-state index >= 15 is 0 Å². The van der Waals surface area contributed by atoms with Gasteiger partial charge >= 0.3 is 6.98 Å². The van der Waals surface area contributed by atoms with E-state index in [2.05, 4.69) is 68.9 Å². The molecule has 108 valence electrons. The smallest absolute Gasteiger partial charge is 0.406 e. The number of anilines is 2. The molecule has 0 saturated heterocycles. The van der Waals surface area contributed by atoms with Crippen molar-refractivity contribution in [1.82, 2.24) is 0 Å². The third-order valence-electron chi connectivity index (χ3n) is 3.97. The van der Waals surface area contributed by atoms with Crippen molar-refractivity contribution in [3.63, 3.8) is 0 Å². The Morgan fingerprint density at radius 1 is 0.955 bits per heavy atom. The number of methoxy groups -OCH3 is 1. The lowest BCUT2D eigenvalue weighted by Gasteiger charge is -2.27. The van der Waals surface area contributed by atoms with E-state index < -0.39 is 0 Å². The molecule has 3 aromatic rings. The summed E-state index contributed by atoms with van der Waals surface area (Å²) in [5, 5.41) is 9.61. The summed E-state index contributed by atoms with van der Waals surface area (Å²) in [6, 6.07) is 18.8. The molecule has 1 heterocycles. The summed E-state index contributed by atoms with van der Waals surface area (Å²) in [6.07, 6.45) is 0. The highest BCUT2D eigenvalue weighted by atomic mass is 79.9. The molecule has 0 saturated carbocycles. The van der Waals surface area contributed by atoms with Crippen molar-refractivity contribution in [2.75, 3.05) is 17.6 Å². The molecular weight excluding hydrogens is 339 g/mol. The SMILES string of the molecule is COc1cc(Br)cc(B2Nc3cccc4cccc(c34)N2)c1. The van der Waals surface area contributed by atoms with Crippen molar-refractivity contribution in [2.24, 2.45) is 0 Å². The van der Waals surface area contributed by atoms with Crippen LogP contribution in [-0.4, -0.2) is 14.1 Å². The number of nitrogens with one attached hydrogen (secondary N) is 2. The van der Waals surface area contributed by atoms with Crippen LogP contribution in [-0.2, 0) is 0 Å². The van der Waals surface area contributed by atoms with Crippen molar-refractivity contribution in [1.29, 1.82) is 0 Å². The van der Waals surface area contributed by atoms with Crippen molar-refractivity contribution in [2.45, 2.75) is 0 Å². The first kappa shape index (κ1) is 13.5. The first-order valence-corrected chi connectivity index (χ1v) is 7.93. The predicted molar refractivity (Wildman–Crippen MR) is 97.3 cm³/mol. The van der Waals surface area contributed by atoms with Crippen molar-refractivity contribution in [3.8, 4) is 5.75 Å². The summed E-state index contributed by atoms with van der Waals surface area (Å²) < 4.78 is 6.37. The van der Waals surface area contributed by atoms with Crippen LogP contribution < -0.4 is 20.7 Å². The normalized spacial score (nSPS) is 12.7. The Kier molecular flexibility index (Phi) is 3.23. The summed E-state index contributed by atoms with van der Waals surface area (Å²) in [4.78, 5) is 0. The van der Waals surface area contributed by atoms with Crippen molar-refractivity contribution < 1.29 is 4.74 Å². The standard InChI is InChI=1S/C17H14BBrN2O/c1-22-14-9-12(8-13(19)10-14)18-20-15-6-2-4-11-5-3-7-16(21-18)17(11)15/h2-10,20-21H,1H3. The third kappa shape index (κ3) is 2.22. The van der Waals surface area contributed by atoms with E-state index in [0.717, 1.165) is 27.1 Å². The lowest BCUT2D eigenvalue weighted by Crippen LogP contribution is -2.47. The Labute approximate surface area is 137 Å². The lowest BCUT2D eigenvalue weighted by molar-refractivity contribution is 0.415. The Hall–Kier alpha value is -2.14. The second-order valence-electron chi connectivity index (χ2n) is 5.36. The second-order valence-corrected chi connectivity index (χ2v) is 6.27. The van der Waals surface area contributed by atoms with Gasteiger partial charge in [0.2, 0.25) is 0 Å². The minimum absolute atomic E-state index is 0.00639. The molecule has 0 fully saturated rings. The van der Waals surface area contributed by atoms with Gasteiger partial charge in [0.15, 0.2) is 0 Å². The van der Waals surface area contributed by atoms with Gasteiger partial charge in [0, 0.05) is 21.2 Å². The van der Waals surface area contributed by atoms with Crippen LogP contribution in [0.3, 0.4) is 0 Å². The van der Waals surface area contributed by atoms with Crippen LogP contribution >= 0.6 is 15.9 Å².